The Balaban J connectivity index is 0.00000231. The first kappa shape index (κ1) is 21.5. The minimum absolute atomic E-state index is 0. The third kappa shape index (κ3) is 4.63. The van der Waals surface area contributed by atoms with Gasteiger partial charge in [-0.25, -0.2) is 0 Å². The molecule has 5 rings (SSSR count). The summed E-state index contributed by atoms with van der Waals surface area (Å²) in [5.41, 5.74) is 3.79. The number of nitrogens with zero attached hydrogens (tertiary/aromatic N) is 3. The topological polar surface area (TPSA) is 66.5 Å². The maximum atomic E-state index is 4.13. The monoisotopic (exact) mass is 433 g/mol. The number of fused-ring (bicyclic) bond motifs is 1. The smallest absolute Gasteiger partial charge is 0.204 e. The van der Waals surface area contributed by atoms with E-state index in [-0.39, 0.29) is 12.4 Å². The van der Waals surface area contributed by atoms with Gasteiger partial charge in [0.2, 0.25) is 5.82 Å². The van der Waals surface area contributed by atoms with Gasteiger partial charge in [-0.05, 0) is 65.3 Å². The summed E-state index contributed by atoms with van der Waals surface area (Å²) < 4.78 is 0. The van der Waals surface area contributed by atoms with Gasteiger partial charge in [-0.1, -0.05) is 67.1 Å². The Labute approximate surface area is 189 Å². The quantitative estimate of drug-likeness (QED) is 0.416. The number of H-pyrrole nitrogens is 1. The summed E-state index contributed by atoms with van der Waals surface area (Å²) in [5, 5.41) is 21.1. The molecule has 0 bridgehead atoms. The molecule has 1 aromatic heterocycles. The highest BCUT2D eigenvalue weighted by Crippen LogP contribution is 2.35. The number of halogens is 1. The number of nitrogens with one attached hydrogen (secondary N) is 2. The predicted octanol–water partition coefficient (Wildman–Crippen LogP) is 5.82. The summed E-state index contributed by atoms with van der Waals surface area (Å²) in [5.74, 6) is 1.22. The van der Waals surface area contributed by atoms with Gasteiger partial charge in [0.1, 0.15) is 0 Å². The number of tetrazole rings is 1. The average molecular weight is 434 g/mol. The molecule has 1 aliphatic rings. The third-order valence-electron chi connectivity index (χ3n) is 6.41. The fraction of sp³-hybridized carbons (Fsp3) is 0.320. The molecule has 0 unspecified atom stereocenters. The summed E-state index contributed by atoms with van der Waals surface area (Å²) in [6.45, 7) is 2.29. The fourth-order valence-corrected chi connectivity index (χ4v) is 4.93. The molecule has 1 aliphatic carbocycles. The highest BCUT2D eigenvalue weighted by Gasteiger charge is 2.25. The van der Waals surface area contributed by atoms with Crippen LogP contribution < -0.4 is 5.32 Å². The second kappa shape index (κ2) is 9.58. The Hall–Kier alpha value is -2.76. The van der Waals surface area contributed by atoms with Gasteiger partial charge in [0.25, 0.3) is 0 Å². The molecule has 0 radical (unpaired) electrons. The van der Waals surface area contributed by atoms with Crippen LogP contribution in [0.3, 0.4) is 0 Å². The van der Waals surface area contributed by atoms with Crippen molar-refractivity contribution in [1.29, 1.82) is 0 Å². The van der Waals surface area contributed by atoms with Crippen LogP contribution in [0.2, 0.25) is 0 Å². The van der Waals surface area contributed by atoms with Crippen molar-refractivity contribution in [2.45, 2.75) is 50.6 Å². The molecule has 3 atom stereocenters. The van der Waals surface area contributed by atoms with Crippen molar-refractivity contribution in [3.8, 4) is 11.4 Å². The Bertz CT molecular complexity index is 1120. The number of hydrogen-bond donors (Lipinski definition) is 2. The van der Waals surface area contributed by atoms with Crippen LogP contribution in [0.5, 0.6) is 0 Å². The first-order chi connectivity index (χ1) is 14.8. The minimum Gasteiger partial charge on any atom is -0.307 e. The lowest BCUT2D eigenvalue weighted by Crippen LogP contribution is -2.35. The van der Waals surface area contributed by atoms with Gasteiger partial charge < -0.3 is 5.32 Å². The van der Waals surface area contributed by atoms with Gasteiger partial charge in [0.05, 0.1) is 0 Å². The zero-order valence-corrected chi connectivity index (χ0v) is 18.5. The molecule has 2 N–H and O–H groups in total. The van der Waals surface area contributed by atoms with Gasteiger partial charge in [0.15, 0.2) is 0 Å². The van der Waals surface area contributed by atoms with Crippen LogP contribution in [-0.2, 0) is 0 Å². The van der Waals surface area contributed by atoms with Crippen molar-refractivity contribution in [1.82, 2.24) is 25.9 Å². The van der Waals surface area contributed by atoms with E-state index < -0.39 is 0 Å². The van der Waals surface area contributed by atoms with Gasteiger partial charge in [0, 0.05) is 17.6 Å². The number of hydrogen-bond acceptors (Lipinski definition) is 4. The number of benzene rings is 3. The molecular weight excluding hydrogens is 406 g/mol. The maximum absolute atomic E-state index is 4.13. The van der Waals surface area contributed by atoms with E-state index in [2.05, 4.69) is 99.6 Å². The minimum atomic E-state index is 0. The van der Waals surface area contributed by atoms with Crippen LogP contribution >= 0.6 is 12.4 Å². The SMILES string of the molecule is C[C@@H](N[C@@H]1CCC[C@@H](c2cccc(-c3nn[nH]n3)c2)C1)c1cccc2ccccc12.Cl. The van der Waals surface area contributed by atoms with Crippen molar-refractivity contribution in [3.63, 3.8) is 0 Å². The lowest BCUT2D eigenvalue weighted by Gasteiger charge is -2.32. The Morgan fingerprint density at radius 2 is 1.84 bits per heavy atom. The first-order valence-corrected chi connectivity index (χ1v) is 10.9. The fourth-order valence-electron chi connectivity index (χ4n) is 4.93. The van der Waals surface area contributed by atoms with E-state index in [1.807, 2.05) is 0 Å². The molecule has 0 saturated heterocycles. The normalized spacial score (nSPS) is 19.6. The van der Waals surface area contributed by atoms with Gasteiger partial charge in [-0.2, -0.15) is 5.21 Å². The predicted molar refractivity (Wildman–Crippen MR) is 127 cm³/mol. The van der Waals surface area contributed by atoms with Gasteiger partial charge in [-0.3, -0.25) is 0 Å². The van der Waals surface area contributed by atoms with E-state index in [1.54, 1.807) is 0 Å². The van der Waals surface area contributed by atoms with Crippen LogP contribution in [0.4, 0.5) is 0 Å². The van der Waals surface area contributed by atoms with Crippen molar-refractivity contribution < 1.29 is 0 Å². The summed E-state index contributed by atoms with van der Waals surface area (Å²) in [7, 11) is 0. The highest BCUT2D eigenvalue weighted by atomic mass is 35.5. The number of aromatic nitrogens is 4. The van der Waals surface area contributed by atoms with E-state index in [1.165, 1.54) is 41.2 Å². The van der Waals surface area contributed by atoms with Crippen molar-refractivity contribution in [2.24, 2.45) is 0 Å². The lowest BCUT2D eigenvalue weighted by molar-refractivity contribution is 0.319. The molecule has 0 spiro atoms. The first-order valence-electron chi connectivity index (χ1n) is 10.9. The molecule has 0 aliphatic heterocycles. The second-order valence-electron chi connectivity index (χ2n) is 8.38. The standard InChI is InChI=1S/C25H27N5.ClH/c1-17(23-14-6-8-18-7-2-3-13-24(18)23)26-22-12-5-10-20(16-22)19-9-4-11-21(15-19)25-27-29-30-28-25;/h2-4,6-9,11,13-15,17,20,22,26H,5,10,12,16H2,1H3,(H,27,28,29,30);1H/t17-,20-,22-;/m1./s1. The number of rotatable bonds is 5. The maximum Gasteiger partial charge on any atom is 0.204 e. The molecule has 31 heavy (non-hydrogen) atoms. The van der Waals surface area contributed by atoms with Crippen LogP contribution in [0.1, 0.15) is 55.7 Å². The van der Waals surface area contributed by atoms with E-state index >= 15 is 0 Å². The van der Waals surface area contributed by atoms with Crippen molar-refractivity contribution >= 4 is 23.2 Å². The zero-order chi connectivity index (χ0) is 20.3. The Morgan fingerprint density at radius 1 is 1.00 bits per heavy atom. The highest BCUT2D eigenvalue weighted by molar-refractivity contribution is 5.86. The number of aromatic amines is 1. The second-order valence-corrected chi connectivity index (χ2v) is 8.38. The molecule has 5 nitrogen and oxygen atoms in total. The molecule has 160 valence electrons. The Morgan fingerprint density at radius 3 is 2.71 bits per heavy atom. The largest absolute Gasteiger partial charge is 0.307 e. The molecule has 1 fully saturated rings. The van der Waals surface area contributed by atoms with Crippen LogP contribution in [-0.4, -0.2) is 26.7 Å². The molecule has 0 amide bonds. The summed E-state index contributed by atoms with van der Waals surface area (Å²) in [4.78, 5) is 0. The van der Waals surface area contributed by atoms with E-state index in [9.17, 15) is 0 Å². The molecule has 3 aromatic carbocycles. The molecule has 1 heterocycles. The van der Waals surface area contributed by atoms with Crippen molar-refractivity contribution in [3.05, 3.63) is 77.9 Å². The third-order valence-corrected chi connectivity index (χ3v) is 6.41. The molecule has 1 saturated carbocycles. The summed E-state index contributed by atoms with van der Waals surface area (Å²) in [6.07, 6.45) is 4.87. The van der Waals surface area contributed by atoms with Crippen LogP contribution in [0.15, 0.2) is 66.7 Å². The van der Waals surface area contributed by atoms with E-state index in [0.29, 0.717) is 23.8 Å². The summed E-state index contributed by atoms with van der Waals surface area (Å²) >= 11 is 0. The molecular formula is C25H28ClN5. The summed E-state index contributed by atoms with van der Waals surface area (Å²) in [6, 6.07) is 24.8. The van der Waals surface area contributed by atoms with Gasteiger partial charge >= 0.3 is 0 Å². The van der Waals surface area contributed by atoms with Crippen molar-refractivity contribution in [2.75, 3.05) is 0 Å². The lowest BCUT2D eigenvalue weighted by atomic mass is 9.80. The van der Waals surface area contributed by atoms with Crippen LogP contribution in [0.25, 0.3) is 22.2 Å². The van der Waals surface area contributed by atoms with Crippen LogP contribution in [0, 0.1) is 0 Å². The molecule has 6 heteroatoms. The average Bonchev–Trinajstić information content (AvgIpc) is 3.34. The van der Waals surface area contributed by atoms with E-state index in [0.717, 1.165) is 12.0 Å². The molecule has 4 aromatic rings. The Kier molecular flexibility index (Phi) is 6.64. The zero-order valence-electron chi connectivity index (χ0n) is 17.7. The van der Waals surface area contributed by atoms with E-state index in [4.69, 9.17) is 0 Å². The van der Waals surface area contributed by atoms with Gasteiger partial charge in [-0.15, -0.1) is 22.6 Å².